The van der Waals surface area contributed by atoms with Crippen LogP contribution in [0.25, 0.3) is 22.4 Å². The van der Waals surface area contributed by atoms with Crippen LogP contribution in [0.3, 0.4) is 0 Å². The molecule has 1 heterocycles. The van der Waals surface area contributed by atoms with Gasteiger partial charge in [0.2, 0.25) is 0 Å². The van der Waals surface area contributed by atoms with Gasteiger partial charge in [0.1, 0.15) is 5.82 Å². The Morgan fingerprint density at radius 2 is 1.61 bits per heavy atom. The summed E-state index contributed by atoms with van der Waals surface area (Å²) in [6.07, 6.45) is 0. The number of hydrogen-bond donors (Lipinski definition) is 3. The first-order chi connectivity index (χ1) is 16.1. The van der Waals surface area contributed by atoms with Crippen LogP contribution in [0.2, 0.25) is 0 Å². The van der Waals surface area contributed by atoms with Gasteiger partial charge in [-0.1, -0.05) is 36.4 Å². The van der Waals surface area contributed by atoms with Gasteiger partial charge in [-0.05, 0) is 88.8 Å². The molecule has 1 amide bonds. The Morgan fingerprint density at radius 3 is 2.36 bits per heavy atom. The van der Waals surface area contributed by atoms with E-state index in [1.54, 1.807) is 0 Å². The second-order valence-corrected chi connectivity index (χ2v) is 8.94. The van der Waals surface area contributed by atoms with Crippen molar-refractivity contribution in [3.63, 3.8) is 0 Å². The number of amides is 1. The van der Waals surface area contributed by atoms with Crippen molar-refractivity contribution in [2.45, 2.75) is 6.54 Å². The SMILES string of the molecule is O=C(Nc1ccccc1)c1ccc(-c2nc3ccc(CNc4ccc(I)cc4)cc3[nH]2)cc1. The molecule has 162 valence electrons. The summed E-state index contributed by atoms with van der Waals surface area (Å²) in [4.78, 5) is 20.6. The van der Waals surface area contributed by atoms with Gasteiger partial charge in [-0.2, -0.15) is 0 Å². The summed E-state index contributed by atoms with van der Waals surface area (Å²) in [5, 5.41) is 6.35. The van der Waals surface area contributed by atoms with Crippen LogP contribution < -0.4 is 10.6 Å². The topological polar surface area (TPSA) is 69.8 Å². The van der Waals surface area contributed by atoms with Gasteiger partial charge in [-0.25, -0.2) is 4.98 Å². The highest BCUT2D eigenvalue weighted by Gasteiger charge is 2.09. The standard InChI is InChI=1S/C27H21IN4O/c28-21-11-13-22(14-12-21)29-17-18-6-15-24-25(16-18)32-26(31-24)19-7-9-20(10-8-19)27(33)30-23-4-2-1-3-5-23/h1-16,29H,17H2,(H,30,33)(H,31,32). The van der Waals surface area contributed by atoms with Gasteiger partial charge in [-0.3, -0.25) is 4.79 Å². The highest BCUT2D eigenvalue weighted by atomic mass is 127. The van der Waals surface area contributed by atoms with Crippen molar-refractivity contribution < 1.29 is 4.79 Å². The summed E-state index contributed by atoms with van der Waals surface area (Å²) < 4.78 is 1.22. The maximum absolute atomic E-state index is 12.5. The number of rotatable bonds is 6. The lowest BCUT2D eigenvalue weighted by atomic mass is 10.1. The van der Waals surface area contributed by atoms with E-state index in [0.29, 0.717) is 5.56 Å². The number of aromatic amines is 1. The minimum absolute atomic E-state index is 0.136. The maximum atomic E-state index is 12.5. The first-order valence-corrected chi connectivity index (χ1v) is 11.7. The Morgan fingerprint density at radius 1 is 0.848 bits per heavy atom. The second kappa shape index (κ2) is 9.46. The summed E-state index contributed by atoms with van der Waals surface area (Å²) in [6, 6.07) is 31.5. The molecule has 0 saturated carbocycles. The number of hydrogen-bond acceptors (Lipinski definition) is 3. The summed E-state index contributed by atoms with van der Waals surface area (Å²) in [5.74, 6) is 0.644. The number of imidazole rings is 1. The molecular formula is C27H21IN4O. The average molecular weight is 544 g/mol. The van der Waals surface area contributed by atoms with E-state index in [-0.39, 0.29) is 5.91 Å². The molecule has 0 spiro atoms. The van der Waals surface area contributed by atoms with Gasteiger partial charge < -0.3 is 15.6 Å². The number of H-pyrrole nitrogens is 1. The lowest BCUT2D eigenvalue weighted by molar-refractivity contribution is 0.102. The first kappa shape index (κ1) is 21.2. The van der Waals surface area contributed by atoms with Crippen molar-refractivity contribution in [2.24, 2.45) is 0 Å². The van der Waals surface area contributed by atoms with E-state index < -0.39 is 0 Å². The number of aromatic nitrogens is 2. The maximum Gasteiger partial charge on any atom is 0.255 e. The van der Waals surface area contributed by atoms with Gasteiger partial charge in [0, 0.05) is 32.6 Å². The quantitative estimate of drug-likeness (QED) is 0.209. The molecule has 3 N–H and O–H groups in total. The van der Waals surface area contributed by atoms with Crippen molar-refractivity contribution in [3.05, 3.63) is 112 Å². The van der Waals surface area contributed by atoms with Gasteiger partial charge in [0.15, 0.2) is 0 Å². The number of para-hydroxylation sites is 1. The molecule has 0 atom stereocenters. The van der Waals surface area contributed by atoms with Crippen LogP contribution in [0.15, 0.2) is 97.1 Å². The van der Waals surface area contributed by atoms with Crippen molar-refractivity contribution in [1.29, 1.82) is 0 Å². The fourth-order valence-corrected chi connectivity index (χ4v) is 3.94. The van der Waals surface area contributed by atoms with Crippen molar-refractivity contribution in [3.8, 4) is 11.4 Å². The predicted molar refractivity (Wildman–Crippen MR) is 142 cm³/mol. The molecule has 0 saturated heterocycles. The number of nitrogens with zero attached hydrogens (tertiary/aromatic N) is 1. The zero-order chi connectivity index (χ0) is 22.6. The van der Waals surface area contributed by atoms with Crippen LogP contribution in [0.5, 0.6) is 0 Å². The fraction of sp³-hybridized carbons (Fsp3) is 0.0370. The molecular weight excluding hydrogens is 523 g/mol. The van der Waals surface area contributed by atoms with Crippen molar-refractivity contribution >= 4 is 50.9 Å². The molecule has 6 heteroatoms. The normalized spacial score (nSPS) is 10.8. The molecule has 4 aromatic carbocycles. The van der Waals surface area contributed by atoms with E-state index in [0.717, 1.165) is 40.3 Å². The van der Waals surface area contributed by atoms with Gasteiger partial charge in [0.05, 0.1) is 11.0 Å². The minimum Gasteiger partial charge on any atom is -0.381 e. The van der Waals surface area contributed by atoms with Crippen molar-refractivity contribution in [2.75, 3.05) is 10.6 Å². The van der Waals surface area contributed by atoms with E-state index in [9.17, 15) is 4.79 Å². The lowest BCUT2D eigenvalue weighted by Gasteiger charge is -2.06. The molecule has 0 aliphatic heterocycles. The number of anilines is 2. The molecule has 5 rings (SSSR count). The Balaban J connectivity index is 1.29. The van der Waals surface area contributed by atoms with Crippen LogP contribution in [-0.4, -0.2) is 15.9 Å². The molecule has 1 aromatic heterocycles. The van der Waals surface area contributed by atoms with Crippen LogP contribution in [0, 0.1) is 3.57 Å². The van der Waals surface area contributed by atoms with Crippen LogP contribution in [0.4, 0.5) is 11.4 Å². The first-order valence-electron chi connectivity index (χ1n) is 10.6. The number of nitrogens with one attached hydrogen (secondary N) is 3. The summed E-state index contributed by atoms with van der Waals surface area (Å²) in [7, 11) is 0. The zero-order valence-electron chi connectivity index (χ0n) is 17.7. The Labute approximate surface area is 205 Å². The Bertz CT molecular complexity index is 1390. The Kier molecular flexibility index (Phi) is 6.08. The molecule has 0 aliphatic carbocycles. The van der Waals surface area contributed by atoms with Gasteiger partial charge in [-0.15, -0.1) is 0 Å². The second-order valence-electron chi connectivity index (χ2n) is 7.69. The number of halogens is 1. The molecule has 0 radical (unpaired) electrons. The average Bonchev–Trinajstić information content (AvgIpc) is 3.28. The number of carbonyl (C=O) groups excluding carboxylic acids is 1. The third kappa shape index (κ3) is 5.06. The van der Waals surface area contributed by atoms with E-state index in [1.807, 2.05) is 60.7 Å². The van der Waals surface area contributed by atoms with E-state index in [1.165, 1.54) is 9.13 Å². The highest BCUT2D eigenvalue weighted by Crippen LogP contribution is 2.23. The molecule has 5 nitrogen and oxygen atoms in total. The summed E-state index contributed by atoms with van der Waals surface area (Å²) in [5.41, 5.74) is 6.47. The third-order valence-corrected chi connectivity index (χ3v) is 6.06. The third-order valence-electron chi connectivity index (χ3n) is 5.34. The monoisotopic (exact) mass is 544 g/mol. The van der Waals surface area contributed by atoms with Crippen LogP contribution in [0.1, 0.15) is 15.9 Å². The molecule has 0 bridgehead atoms. The minimum atomic E-state index is -0.136. The molecule has 0 fully saturated rings. The fourth-order valence-electron chi connectivity index (χ4n) is 3.58. The molecule has 0 unspecified atom stereocenters. The predicted octanol–water partition coefficient (Wildman–Crippen LogP) is 6.70. The largest absolute Gasteiger partial charge is 0.381 e. The Hall–Kier alpha value is -3.65. The molecule has 5 aromatic rings. The smallest absolute Gasteiger partial charge is 0.255 e. The number of benzene rings is 4. The van der Waals surface area contributed by atoms with Gasteiger partial charge >= 0.3 is 0 Å². The summed E-state index contributed by atoms with van der Waals surface area (Å²) in [6.45, 7) is 0.732. The van der Waals surface area contributed by atoms with E-state index >= 15 is 0 Å². The van der Waals surface area contributed by atoms with Crippen LogP contribution >= 0.6 is 22.6 Å². The zero-order valence-corrected chi connectivity index (χ0v) is 19.8. The van der Waals surface area contributed by atoms with E-state index in [2.05, 4.69) is 74.6 Å². The van der Waals surface area contributed by atoms with Crippen LogP contribution in [-0.2, 0) is 6.54 Å². The van der Waals surface area contributed by atoms with E-state index in [4.69, 9.17) is 4.98 Å². The number of fused-ring (bicyclic) bond motifs is 1. The number of carbonyl (C=O) groups is 1. The highest BCUT2D eigenvalue weighted by molar-refractivity contribution is 14.1. The molecule has 33 heavy (non-hydrogen) atoms. The molecule has 0 aliphatic rings. The lowest BCUT2D eigenvalue weighted by Crippen LogP contribution is -2.11. The van der Waals surface area contributed by atoms with Crippen molar-refractivity contribution in [1.82, 2.24) is 9.97 Å². The summed E-state index contributed by atoms with van der Waals surface area (Å²) >= 11 is 2.30. The van der Waals surface area contributed by atoms with Gasteiger partial charge in [0.25, 0.3) is 5.91 Å².